The van der Waals surface area contributed by atoms with Gasteiger partial charge in [-0.05, 0) is 41.5 Å². The van der Waals surface area contributed by atoms with Crippen LogP contribution in [0.2, 0.25) is 0 Å². The molecule has 2 aromatic rings. The lowest BCUT2D eigenvalue weighted by atomic mass is 9.92. The van der Waals surface area contributed by atoms with Gasteiger partial charge in [-0.25, -0.2) is 0 Å². The molecule has 0 atom stereocenters. The summed E-state index contributed by atoms with van der Waals surface area (Å²) in [7, 11) is 0. The van der Waals surface area contributed by atoms with Crippen molar-refractivity contribution in [1.29, 1.82) is 0 Å². The minimum Gasteiger partial charge on any atom is -0.366 e. The van der Waals surface area contributed by atoms with E-state index < -0.39 is 0 Å². The van der Waals surface area contributed by atoms with Crippen LogP contribution in [0, 0.1) is 0 Å². The van der Waals surface area contributed by atoms with E-state index in [9.17, 15) is 4.79 Å². The zero-order valence-corrected chi connectivity index (χ0v) is 10.1. The fraction of sp³-hybridized carbons (Fsp3) is 0.188. The van der Waals surface area contributed by atoms with Crippen LogP contribution in [0.25, 0.3) is 11.1 Å². The first kappa shape index (κ1) is 11.0. The minimum atomic E-state index is -0.324. The first-order valence-electron chi connectivity index (χ1n) is 6.25. The molecular formula is C16H15NO. The molecule has 90 valence electrons. The molecule has 0 radical (unpaired) electrons. The van der Waals surface area contributed by atoms with E-state index in [1.807, 2.05) is 30.3 Å². The summed E-state index contributed by atoms with van der Waals surface area (Å²) in [4.78, 5) is 11.6. The van der Waals surface area contributed by atoms with Gasteiger partial charge >= 0.3 is 0 Å². The molecular weight excluding hydrogens is 222 g/mol. The van der Waals surface area contributed by atoms with Gasteiger partial charge in [0.15, 0.2) is 0 Å². The number of nitrogens with two attached hydrogens (primary N) is 1. The van der Waals surface area contributed by atoms with Crippen molar-refractivity contribution in [2.45, 2.75) is 18.8 Å². The van der Waals surface area contributed by atoms with E-state index in [4.69, 9.17) is 5.73 Å². The standard InChI is InChI=1S/C16H15NO/c17-16(18)14-8-4-7-13(15(14)12-9-10-12)11-5-2-1-3-6-11/h1-8,12H,9-10H2,(H2,17,18). The smallest absolute Gasteiger partial charge is 0.249 e. The van der Waals surface area contributed by atoms with Crippen molar-refractivity contribution in [2.24, 2.45) is 5.73 Å². The number of carbonyl (C=O) groups excluding carboxylic acids is 1. The van der Waals surface area contributed by atoms with Crippen LogP contribution < -0.4 is 5.73 Å². The molecule has 0 heterocycles. The molecule has 0 aliphatic heterocycles. The second-order valence-electron chi connectivity index (χ2n) is 4.77. The summed E-state index contributed by atoms with van der Waals surface area (Å²) < 4.78 is 0. The van der Waals surface area contributed by atoms with E-state index in [0.29, 0.717) is 11.5 Å². The summed E-state index contributed by atoms with van der Waals surface area (Å²) in [5, 5.41) is 0. The molecule has 18 heavy (non-hydrogen) atoms. The van der Waals surface area contributed by atoms with Gasteiger partial charge in [0.25, 0.3) is 0 Å². The number of hydrogen-bond donors (Lipinski definition) is 1. The Kier molecular flexibility index (Phi) is 2.63. The third-order valence-electron chi connectivity index (χ3n) is 3.44. The van der Waals surface area contributed by atoms with Gasteiger partial charge in [-0.2, -0.15) is 0 Å². The quantitative estimate of drug-likeness (QED) is 0.874. The average molecular weight is 237 g/mol. The van der Waals surface area contributed by atoms with Crippen molar-refractivity contribution in [1.82, 2.24) is 0 Å². The fourth-order valence-electron chi connectivity index (χ4n) is 2.46. The van der Waals surface area contributed by atoms with E-state index in [-0.39, 0.29) is 5.91 Å². The van der Waals surface area contributed by atoms with Crippen molar-refractivity contribution in [3.05, 3.63) is 59.7 Å². The Balaban J connectivity index is 2.20. The van der Waals surface area contributed by atoms with Crippen LogP contribution >= 0.6 is 0 Å². The molecule has 1 aliphatic carbocycles. The van der Waals surface area contributed by atoms with Gasteiger partial charge in [0.2, 0.25) is 5.91 Å². The molecule has 3 rings (SSSR count). The molecule has 0 spiro atoms. The van der Waals surface area contributed by atoms with Gasteiger partial charge in [-0.3, -0.25) is 4.79 Å². The van der Waals surface area contributed by atoms with Crippen molar-refractivity contribution < 1.29 is 4.79 Å². The van der Waals surface area contributed by atoms with Crippen LogP contribution in [-0.4, -0.2) is 5.91 Å². The highest BCUT2D eigenvalue weighted by atomic mass is 16.1. The highest BCUT2D eigenvalue weighted by molar-refractivity contribution is 5.97. The molecule has 0 unspecified atom stereocenters. The van der Waals surface area contributed by atoms with Crippen molar-refractivity contribution >= 4 is 5.91 Å². The highest BCUT2D eigenvalue weighted by Gasteiger charge is 2.30. The summed E-state index contributed by atoms with van der Waals surface area (Å²) in [6, 6.07) is 16.0. The first-order chi connectivity index (χ1) is 8.77. The summed E-state index contributed by atoms with van der Waals surface area (Å²) >= 11 is 0. The van der Waals surface area contributed by atoms with Crippen LogP contribution in [0.5, 0.6) is 0 Å². The number of benzene rings is 2. The normalized spacial score (nSPS) is 14.4. The molecule has 1 amide bonds. The van der Waals surface area contributed by atoms with E-state index in [1.54, 1.807) is 0 Å². The largest absolute Gasteiger partial charge is 0.366 e. The maximum absolute atomic E-state index is 11.6. The van der Waals surface area contributed by atoms with E-state index in [2.05, 4.69) is 18.2 Å². The van der Waals surface area contributed by atoms with Crippen LogP contribution in [-0.2, 0) is 0 Å². The highest BCUT2D eigenvalue weighted by Crippen LogP contribution is 2.46. The number of rotatable bonds is 3. The average Bonchev–Trinajstić information content (AvgIpc) is 3.23. The third-order valence-corrected chi connectivity index (χ3v) is 3.44. The van der Waals surface area contributed by atoms with Gasteiger partial charge in [0.05, 0.1) is 0 Å². The Morgan fingerprint density at radius 3 is 2.33 bits per heavy atom. The maximum atomic E-state index is 11.6. The van der Waals surface area contributed by atoms with Gasteiger partial charge < -0.3 is 5.73 Å². The topological polar surface area (TPSA) is 43.1 Å². The zero-order valence-electron chi connectivity index (χ0n) is 10.1. The number of hydrogen-bond acceptors (Lipinski definition) is 1. The Hall–Kier alpha value is -2.09. The van der Waals surface area contributed by atoms with E-state index in [0.717, 1.165) is 29.5 Å². The molecule has 1 aliphatic rings. The van der Waals surface area contributed by atoms with Crippen molar-refractivity contribution in [3.63, 3.8) is 0 Å². The maximum Gasteiger partial charge on any atom is 0.249 e. The van der Waals surface area contributed by atoms with Crippen LogP contribution in [0.1, 0.15) is 34.7 Å². The van der Waals surface area contributed by atoms with Gasteiger partial charge in [-0.15, -0.1) is 0 Å². The molecule has 2 nitrogen and oxygen atoms in total. The molecule has 0 bridgehead atoms. The minimum absolute atomic E-state index is 0.324. The van der Waals surface area contributed by atoms with Gasteiger partial charge in [0, 0.05) is 5.56 Å². The SMILES string of the molecule is NC(=O)c1cccc(-c2ccccc2)c1C1CC1. The molecule has 1 saturated carbocycles. The van der Waals surface area contributed by atoms with Gasteiger partial charge in [-0.1, -0.05) is 42.5 Å². The van der Waals surface area contributed by atoms with Crippen LogP contribution in [0.15, 0.2) is 48.5 Å². The van der Waals surface area contributed by atoms with E-state index in [1.165, 1.54) is 0 Å². The lowest BCUT2D eigenvalue weighted by Gasteiger charge is -2.12. The Morgan fingerprint density at radius 2 is 1.72 bits per heavy atom. The summed E-state index contributed by atoms with van der Waals surface area (Å²) in [6.45, 7) is 0. The second kappa shape index (κ2) is 4.30. The van der Waals surface area contributed by atoms with Crippen molar-refractivity contribution in [3.8, 4) is 11.1 Å². The lowest BCUT2D eigenvalue weighted by Crippen LogP contribution is -2.14. The third kappa shape index (κ3) is 1.90. The van der Waals surface area contributed by atoms with E-state index >= 15 is 0 Å². The summed E-state index contributed by atoms with van der Waals surface area (Å²) in [6.07, 6.45) is 2.31. The molecule has 1 fully saturated rings. The molecule has 2 N–H and O–H groups in total. The molecule has 2 aromatic carbocycles. The zero-order chi connectivity index (χ0) is 12.5. The molecule has 2 heteroatoms. The molecule has 0 aromatic heterocycles. The lowest BCUT2D eigenvalue weighted by molar-refractivity contribution is 0.0999. The second-order valence-corrected chi connectivity index (χ2v) is 4.77. The monoisotopic (exact) mass is 237 g/mol. The van der Waals surface area contributed by atoms with Crippen LogP contribution in [0.4, 0.5) is 0 Å². The van der Waals surface area contributed by atoms with Crippen molar-refractivity contribution in [2.75, 3.05) is 0 Å². The fourth-order valence-corrected chi connectivity index (χ4v) is 2.46. The Labute approximate surface area is 106 Å². The number of primary amides is 1. The number of amides is 1. The summed E-state index contributed by atoms with van der Waals surface area (Å²) in [5.74, 6) is 0.179. The number of carbonyl (C=O) groups is 1. The predicted octanol–water partition coefficient (Wildman–Crippen LogP) is 3.33. The van der Waals surface area contributed by atoms with Crippen LogP contribution in [0.3, 0.4) is 0 Å². The first-order valence-corrected chi connectivity index (χ1v) is 6.25. The Bertz CT molecular complexity index is 585. The van der Waals surface area contributed by atoms with Gasteiger partial charge in [0.1, 0.15) is 0 Å². The predicted molar refractivity (Wildman–Crippen MR) is 72.4 cm³/mol. The Morgan fingerprint density at radius 1 is 1.00 bits per heavy atom. The molecule has 0 saturated heterocycles. The summed E-state index contributed by atoms with van der Waals surface area (Å²) in [5.41, 5.74) is 9.61.